The molecule has 1 aromatic carbocycles. The van der Waals surface area contributed by atoms with E-state index in [1.54, 1.807) is 58.6 Å². The molecule has 0 spiro atoms. The number of hydrogen-bond acceptors (Lipinski definition) is 4. The molecule has 0 saturated carbocycles. The number of benzene rings is 1. The van der Waals surface area contributed by atoms with Crippen LogP contribution in [-0.4, -0.2) is 52.8 Å². The molecule has 0 unspecified atom stereocenters. The van der Waals surface area contributed by atoms with Gasteiger partial charge in [0.25, 0.3) is 11.8 Å². The molecule has 1 aromatic heterocycles. The summed E-state index contributed by atoms with van der Waals surface area (Å²) >= 11 is 0. The van der Waals surface area contributed by atoms with Crippen molar-refractivity contribution in [1.82, 2.24) is 14.8 Å². The molecule has 126 valence electrons. The van der Waals surface area contributed by atoms with Crippen LogP contribution in [0.3, 0.4) is 0 Å². The zero-order valence-electron chi connectivity index (χ0n) is 13.8. The summed E-state index contributed by atoms with van der Waals surface area (Å²) in [4.78, 5) is 32.7. The Morgan fingerprint density at radius 1 is 0.960 bits per heavy atom. The molecular formula is C19H18N4O2. The fraction of sp³-hybridized carbons (Fsp3) is 0.263. The summed E-state index contributed by atoms with van der Waals surface area (Å²) in [7, 11) is 0. The first kappa shape index (κ1) is 16.7. The maximum atomic E-state index is 12.7. The highest BCUT2D eigenvalue weighted by Gasteiger charge is 2.23. The van der Waals surface area contributed by atoms with Crippen LogP contribution in [0.15, 0.2) is 48.8 Å². The van der Waals surface area contributed by atoms with E-state index < -0.39 is 0 Å². The SMILES string of the molecule is N#Cc1cccc(C(=O)N2CCCN(C(=O)c3cccnc3)CC2)c1. The predicted octanol–water partition coefficient (Wildman–Crippen LogP) is 1.94. The summed E-state index contributed by atoms with van der Waals surface area (Å²) in [6, 6.07) is 12.2. The number of nitriles is 1. The lowest BCUT2D eigenvalue weighted by atomic mass is 10.1. The summed E-state index contributed by atoms with van der Waals surface area (Å²) < 4.78 is 0. The molecule has 2 heterocycles. The summed E-state index contributed by atoms with van der Waals surface area (Å²) in [5.74, 6) is -0.165. The molecule has 0 bridgehead atoms. The van der Waals surface area contributed by atoms with Gasteiger partial charge >= 0.3 is 0 Å². The minimum absolute atomic E-state index is 0.0612. The number of rotatable bonds is 2. The van der Waals surface area contributed by atoms with Gasteiger partial charge in [-0.2, -0.15) is 5.26 Å². The standard InChI is InChI=1S/C19H18N4O2/c20-13-15-4-1-5-16(12-15)18(24)22-8-3-9-23(11-10-22)19(25)17-6-2-7-21-14-17/h1-2,4-7,12,14H,3,8-11H2. The third-order valence-electron chi connectivity index (χ3n) is 4.22. The molecule has 25 heavy (non-hydrogen) atoms. The van der Waals surface area contributed by atoms with Crippen LogP contribution in [-0.2, 0) is 0 Å². The second kappa shape index (κ2) is 7.58. The summed E-state index contributed by atoms with van der Waals surface area (Å²) in [6.07, 6.45) is 3.91. The van der Waals surface area contributed by atoms with E-state index in [4.69, 9.17) is 5.26 Å². The number of nitrogens with zero attached hydrogens (tertiary/aromatic N) is 4. The number of amides is 2. The molecule has 0 N–H and O–H groups in total. The van der Waals surface area contributed by atoms with Crippen molar-refractivity contribution in [3.05, 3.63) is 65.5 Å². The highest BCUT2D eigenvalue weighted by atomic mass is 16.2. The van der Waals surface area contributed by atoms with Crippen LogP contribution in [0.5, 0.6) is 0 Å². The summed E-state index contributed by atoms with van der Waals surface area (Å²) in [6.45, 7) is 2.15. The molecule has 1 fully saturated rings. The molecule has 3 rings (SSSR count). The Balaban J connectivity index is 1.68. The molecular weight excluding hydrogens is 316 g/mol. The fourth-order valence-corrected chi connectivity index (χ4v) is 2.90. The van der Waals surface area contributed by atoms with Gasteiger partial charge in [-0.25, -0.2) is 0 Å². The molecule has 2 amide bonds. The first-order valence-corrected chi connectivity index (χ1v) is 8.18. The van der Waals surface area contributed by atoms with E-state index in [9.17, 15) is 9.59 Å². The van der Waals surface area contributed by atoms with Crippen molar-refractivity contribution in [2.45, 2.75) is 6.42 Å². The second-order valence-electron chi connectivity index (χ2n) is 5.87. The van der Waals surface area contributed by atoms with Gasteiger partial charge in [0.15, 0.2) is 0 Å². The summed E-state index contributed by atoms with van der Waals surface area (Å²) in [5.41, 5.74) is 1.53. The lowest BCUT2D eigenvalue weighted by Gasteiger charge is -2.22. The van der Waals surface area contributed by atoms with Crippen molar-refractivity contribution < 1.29 is 9.59 Å². The Morgan fingerprint density at radius 2 is 1.64 bits per heavy atom. The highest BCUT2D eigenvalue weighted by molar-refractivity contribution is 5.95. The van der Waals surface area contributed by atoms with E-state index in [0.29, 0.717) is 42.9 Å². The van der Waals surface area contributed by atoms with Crippen LogP contribution in [0.4, 0.5) is 0 Å². The fourth-order valence-electron chi connectivity index (χ4n) is 2.90. The third-order valence-corrected chi connectivity index (χ3v) is 4.22. The quantitative estimate of drug-likeness (QED) is 0.841. The Morgan fingerprint density at radius 3 is 2.28 bits per heavy atom. The molecule has 6 heteroatoms. The zero-order chi connectivity index (χ0) is 17.6. The van der Waals surface area contributed by atoms with Gasteiger partial charge in [-0.3, -0.25) is 14.6 Å². The normalized spacial score (nSPS) is 14.5. The number of carbonyl (C=O) groups excluding carboxylic acids is 2. The molecule has 1 saturated heterocycles. The van der Waals surface area contributed by atoms with Crippen molar-refractivity contribution in [1.29, 1.82) is 5.26 Å². The molecule has 6 nitrogen and oxygen atoms in total. The van der Waals surface area contributed by atoms with Crippen molar-refractivity contribution in [2.24, 2.45) is 0 Å². The number of hydrogen-bond donors (Lipinski definition) is 0. The Hall–Kier alpha value is -3.20. The minimum atomic E-state index is -0.104. The number of pyridine rings is 1. The molecule has 1 aliphatic heterocycles. The Labute approximate surface area is 146 Å². The van der Waals surface area contributed by atoms with Crippen molar-refractivity contribution in [3.8, 4) is 6.07 Å². The zero-order valence-corrected chi connectivity index (χ0v) is 13.8. The van der Waals surface area contributed by atoms with Gasteiger partial charge in [-0.15, -0.1) is 0 Å². The van der Waals surface area contributed by atoms with E-state index in [-0.39, 0.29) is 11.8 Å². The highest BCUT2D eigenvalue weighted by Crippen LogP contribution is 2.13. The monoisotopic (exact) mass is 334 g/mol. The maximum absolute atomic E-state index is 12.7. The van der Waals surface area contributed by atoms with Crippen molar-refractivity contribution in [2.75, 3.05) is 26.2 Å². The van der Waals surface area contributed by atoms with Crippen molar-refractivity contribution in [3.63, 3.8) is 0 Å². The third kappa shape index (κ3) is 3.83. The van der Waals surface area contributed by atoms with Gasteiger partial charge in [-0.1, -0.05) is 6.07 Å². The maximum Gasteiger partial charge on any atom is 0.255 e. The first-order valence-electron chi connectivity index (χ1n) is 8.18. The average molecular weight is 334 g/mol. The van der Waals surface area contributed by atoms with Crippen LogP contribution in [0, 0.1) is 11.3 Å². The number of aromatic nitrogens is 1. The van der Waals surface area contributed by atoms with Crippen LogP contribution < -0.4 is 0 Å². The topological polar surface area (TPSA) is 77.3 Å². The smallest absolute Gasteiger partial charge is 0.255 e. The van der Waals surface area contributed by atoms with Crippen LogP contribution in [0.2, 0.25) is 0 Å². The molecule has 1 aliphatic rings. The summed E-state index contributed by atoms with van der Waals surface area (Å²) in [5, 5.41) is 8.98. The van der Waals surface area contributed by atoms with E-state index in [1.807, 2.05) is 6.07 Å². The predicted molar refractivity (Wildman–Crippen MR) is 91.8 cm³/mol. The lowest BCUT2D eigenvalue weighted by molar-refractivity contribution is 0.0718. The average Bonchev–Trinajstić information content (AvgIpc) is 2.94. The van der Waals surface area contributed by atoms with Gasteiger partial charge in [0, 0.05) is 44.1 Å². The van der Waals surface area contributed by atoms with E-state index >= 15 is 0 Å². The van der Waals surface area contributed by atoms with Crippen LogP contribution in [0.25, 0.3) is 0 Å². The molecule has 0 radical (unpaired) electrons. The van der Waals surface area contributed by atoms with Gasteiger partial charge in [-0.05, 0) is 36.8 Å². The van der Waals surface area contributed by atoms with Gasteiger partial charge in [0.1, 0.15) is 0 Å². The van der Waals surface area contributed by atoms with E-state index in [2.05, 4.69) is 4.98 Å². The second-order valence-corrected chi connectivity index (χ2v) is 5.87. The lowest BCUT2D eigenvalue weighted by Crippen LogP contribution is -2.37. The van der Waals surface area contributed by atoms with E-state index in [0.717, 1.165) is 6.42 Å². The van der Waals surface area contributed by atoms with Gasteiger partial charge < -0.3 is 9.80 Å². The Kier molecular flexibility index (Phi) is 5.05. The van der Waals surface area contributed by atoms with Gasteiger partial charge in [0.05, 0.1) is 17.2 Å². The minimum Gasteiger partial charge on any atom is -0.337 e. The first-order chi connectivity index (χ1) is 12.2. The van der Waals surface area contributed by atoms with Crippen LogP contribution >= 0.6 is 0 Å². The van der Waals surface area contributed by atoms with E-state index in [1.165, 1.54) is 0 Å². The molecule has 0 atom stereocenters. The van der Waals surface area contributed by atoms with Crippen LogP contribution in [0.1, 0.15) is 32.7 Å². The van der Waals surface area contributed by atoms with Gasteiger partial charge in [0.2, 0.25) is 0 Å². The largest absolute Gasteiger partial charge is 0.337 e. The molecule has 0 aliphatic carbocycles. The Bertz CT molecular complexity index is 814. The van der Waals surface area contributed by atoms with Crippen molar-refractivity contribution >= 4 is 11.8 Å². The molecule has 2 aromatic rings. The number of carbonyl (C=O) groups is 2.